The molecule has 0 radical (unpaired) electrons. The minimum Gasteiger partial charge on any atom is -0.315 e. The minimum absolute atomic E-state index is 0. The second-order valence-electron chi connectivity index (χ2n) is 6.62. The van der Waals surface area contributed by atoms with Crippen LogP contribution in [-0.2, 0) is 10.2 Å². The van der Waals surface area contributed by atoms with Crippen molar-refractivity contribution in [1.82, 2.24) is 13.9 Å². The Labute approximate surface area is 127 Å². The van der Waals surface area contributed by atoms with Gasteiger partial charge in [0.25, 0.3) is 10.2 Å². The van der Waals surface area contributed by atoms with Crippen LogP contribution in [0.25, 0.3) is 0 Å². The van der Waals surface area contributed by atoms with E-state index in [0.717, 1.165) is 51.7 Å². The van der Waals surface area contributed by atoms with Gasteiger partial charge in [0.2, 0.25) is 0 Å². The number of nitrogens with zero attached hydrogens (tertiary/aromatic N) is 2. The van der Waals surface area contributed by atoms with E-state index < -0.39 is 10.2 Å². The molecule has 1 N–H and O–H groups in total. The van der Waals surface area contributed by atoms with Crippen molar-refractivity contribution >= 4 is 22.6 Å². The van der Waals surface area contributed by atoms with Gasteiger partial charge in [-0.25, -0.2) is 0 Å². The Morgan fingerprint density at radius 3 is 2.40 bits per heavy atom. The van der Waals surface area contributed by atoms with E-state index in [2.05, 4.69) is 5.32 Å². The van der Waals surface area contributed by atoms with Crippen molar-refractivity contribution in [1.29, 1.82) is 0 Å². The van der Waals surface area contributed by atoms with Crippen LogP contribution in [0.1, 0.15) is 38.5 Å². The van der Waals surface area contributed by atoms with E-state index in [1.54, 1.807) is 0 Å². The van der Waals surface area contributed by atoms with Crippen LogP contribution in [0.15, 0.2) is 0 Å². The largest absolute Gasteiger partial charge is 0.315 e. The average Bonchev–Trinajstić information content (AvgIpc) is 3.02. The summed E-state index contributed by atoms with van der Waals surface area (Å²) < 4.78 is 29.7. The first-order chi connectivity index (χ1) is 9.16. The molecule has 20 heavy (non-hydrogen) atoms. The molecule has 4 bridgehead atoms. The Hall–Kier alpha value is 0.120. The fourth-order valence-corrected chi connectivity index (χ4v) is 6.95. The molecule has 0 aromatic rings. The number of piperidine rings is 1. The molecule has 4 aliphatic rings. The van der Waals surface area contributed by atoms with Crippen LogP contribution in [0.2, 0.25) is 0 Å². The molecule has 3 saturated heterocycles. The van der Waals surface area contributed by atoms with Gasteiger partial charge >= 0.3 is 0 Å². The summed E-state index contributed by atoms with van der Waals surface area (Å²) in [6.45, 7) is 2.56. The summed E-state index contributed by atoms with van der Waals surface area (Å²) in [5.41, 5.74) is 0. The first-order valence-corrected chi connectivity index (χ1v) is 9.07. The van der Waals surface area contributed by atoms with Crippen LogP contribution in [0.3, 0.4) is 0 Å². The first kappa shape index (κ1) is 15.0. The minimum atomic E-state index is -3.23. The molecule has 1 aliphatic carbocycles. The maximum absolute atomic E-state index is 13.0. The second-order valence-corrected chi connectivity index (χ2v) is 8.40. The third-order valence-electron chi connectivity index (χ3n) is 5.51. The van der Waals surface area contributed by atoms with Gasteiger partial charge in [0.1, 0.15) is 0 Å². The Bertz CT molecular complexity index is 458. The highest BCUT2D eigenvalue weighted by Crippen LogP contribution is 2.42. The molecule has 0 aromatic heterocycles. The van der Waals surface area contributed by atoms with E-state index in [9.17, 15) is 8.42 Å². The molecule has 4 atom stereocenters. The van der Waals surface area contributed by atoms with E-state index in [0.29, 0.717) is 12.0 Å². The lowest BCUT2D eigenvalue weighted by molar-refractivity contribution is 0.264. The van der Waals surface area contributed by atoms with Crippen LogP contribution in [0.4, 0.5) is 0 Å². The van der Waals surface area contributed by atoms with Crippen LogP contribution in [-0.4, -0.2) is 54.8 Å². The Balaban J connectivity index is 0.00000121. The first-order valence-electron chi connectivity index (χ1n) is 7.67. The summed E-state index contributed by atoms with van der Waals surface area (Å²) in [6.07, 6.45) is 6.45. The third-order valence-corrected chi connectivity index (χ3v) is 7.68. The van der Waals surface area contributed by atoms with Gasteiger partial charge in [0, 0.05) is 31.2 Å². The van der Waals surface area contributed by atoms with Gasteiger partial charge in [-0.05, 0) is 51.0 Å². The van der Waals surface area contributed by atoms with E-state index in [1.807, 2.05) is 8.61 Å². The number of rotatable bonds is 2. The second kappa shape index (κ2) is 5.39. The summed E-state index contributed by atoms with van der Waals surface area (Å²) in [4.78, 5) is 0. The number of nitrogens with one attached hydrogen (secondary N) is 1. The van der Waals surface area contributed by atoms with Crippen molar-refractivity contribution in [2.75, 3.05) is 19.6 Å². The zero-order valence-electron chi connectivity index (χ0n) is 11.7. The monoisotopic (exact) mass is 321 g/mol. The quantitative estimate of drug-likeness (QED) is 0.824. The van der Waals surface area contributed by atoms with E-state index in [4.69, 9.17) is 0 Å². The Kier molecular flexibility index (Phi) is 4.05. The number of hydrogen-bond donors (Lipinski definition) is 1. The number of fused-ring (bicyclic) bond motifs is 4. The van der Waals surface area contributed by atoms with Crippen molar-refractivity contribution in [2.45, 2.75) is 56.7 Å². The van der Waals surface area contributed by atoms with Crippen molar-refractivity contribution in [3.05, 3.63) is 0 Å². The maximum atomic E-state index is 13.0. The van der Waals surface area contributed by atoms with Gasteiger partial charge in [-0.2, -0.15) is 17.0 Å². The van der Waals surface area contributed by atoms with Crippen molar-refractivity contribution in [3.63, 3.8) is 0 Å². The lowest BCUT2D eigenvalue weighted by atomic mass is 10.1. The highest BCUT2D eigenvalue weighted by molar-refractivity contribution is 7.86. The van der Waals surface area contributed by atoms with Gasteiger partial charge in [-0.3, -0.25) is 0 Å². The molecule has 5 nitrogen and oxygen atoms in total. The molecule has 116 valence electrons. The lowest BCUT2D eigenvalue weighted by Crippen LogP contribution is -2.52. The topological polar surface area (TPSA) is 52.7 Å². The van der Waals surface area contributed by atoms with Crippen molar-refractivity contribution < 1.29 is 8.42 Å². The molecule has 7 heteroatoms. The smallest absolute Gasteiger partial charge is 0.282 e. The molecule has 4 rings (SSSR count). The van der Waals surface area contributed by atoms with Crippen LogP contribution < -0.4 is 5.32 Å². The summed E-state index contributed by atoms with van der Waals surface area (Å²) in [6, 6.07) is 0.728. The predicted molar refractivity (Wildman–Crippen MR) is 80.1 cm³/mol. The standard InChI is InChI=1S/C13H23N3O2S.ClH/c17-19(18,15-9-10-1-2-12(15)7-10)16-11-3-4-13(16)8-14-6-5-11;/h10-14H,1-9H2;1H. The normalized spacial score (nSPS) is 41.6. The summed E-state index contributed by atoms with van der Waals surface area (Å²) >= 11 is 0. The molecule has 0 spiro atoms. The number of hydrogen-bond acceptors (Lipinski definition) is 3. The summed E-state index contributed by atoms with van der Waals surface area (Å²) in [5, 5.41) is 3.38. The fourth-order valence-electron chi connectivity index (χ4n) is 4.60. The molecular weight excluding hydrogens is 298 g/mol. The summed E-state index contributed by atoms with van der Waals surface area (Å²) in [7, 11) is -3.23. The van der Waals surface area contributed by atoms with Gasteiger partial charge in [0.05, 0.1) is 0 Å². The van der Waals surface area contributed by atoms with E-state index in [1.165, 1.54) is 6.42 Å². The fraction of sp³-hybridized carbons (Fsp3) is 1.00. The van der Waals surface area contributed by atoms with Crippen LogP contribution >= 0.6 is 12.4 Å². The van der Waals surface area contributed by atoms with E-state index in [-0.39, 0.29) is 24.5 Å². The van der Waals surface area contributed by atoms with Crippen molar-refractivity contribution in [3.8, 4) is 0 Å². The molecule has 0 aromatic carbocycles. The van der Waals surface area contributed by atoms with Crippen LogP contribution in [0.5, 0.6) is 0 Å². The Morgan fingerprint density at radius 1 is 0.950 bits per heavy atom. The average molecular weight is 322 g/mol. The predicted octanol–water partition coefficient (Wildman–Crippen LogP) is 0.964. The lowest BCUT2D eigenvalue weighted by Gasteiger charge is -2.35. The van der Waals surface area contributed by atoms with E-state index >= 15 is 0 Å². The summed E-state index contributed by atoms with van der Waals surface area (Å²) in [5.74, 6) is 0.627. The number of halogens is 1. The Morgan fingerprint density at radius 2 is 1.70 bits per heavy atom. The molecule has 4 unspecified atom stereocenters. The zero-order chi connectivity index (χ0) is 13.0. The molecule has 1 saturated carbocycles. The van der Waals surface area contributed by atoms with Gasteiger partial charge in [-0.15, -0.1) is 12.4 Å². The zero-order valence-corrected chi connectivity index (χ0v) is 13.3. The van der Waals surface area contributed by atoms with Gasteiger partial charge in [0.15, 0.2) is 0 Å². The maximum Gasteiger partial charge on any atom is 0.282 e. The molecule has 4 fully saturated rings. The molecular formula is C13H24ClN3O2S. The SMILES string of the molecule is Cl.O=S(=O)(N1CC2CCC1C2)N1C2CCNCC1CC2. The van der Waals surface area contributed by atoms with Gasteiger partial charge in [-0.1, -0.05) is 0 Å². The van der Waals surface area contributed by atoms with Gasteiger partial charge < -0.3 is 5.32 Å². The molecule has 3 heterocycles. The highest BCUT2D eigenvalue weighted by Gasteiger charge is 2.50. The molecule has 0 amide bonds. The molecule has 3 aliphatic heterocycles. The van der Waals surface area contributed by atoms with Crippen LogP contribution in [0, 0.1) is 5.92 Å². The third kappa shape index (κ3) is 2.20. The highest BCUT2D eigenvalue weighted by atomic mass is 35.5. The van der Waals surface area contributed by atoms with Crippen molar-refractivity contribution in [2.24, 2.45) is 5.92 Å².